The second-order valence-corrected chi connectivity index (χ2v) is 4.54. The quantitative estimate of drug-likeness (QED) is 0.882. The lowest BCUT2D eigenvalue weighted by atomic mass is 10.2. The van der Waals surface area contributed by atoms with Crippen molar-refractivity contribution in [1.29, 1.82) is 0 Å². The van der Waals surface area contributed by atoms with Crippen LogP contribution in [0.3, 0.4) is 0 Å². The van der Waals surface area contributed by atoms with Gasteiger partial charge in [-0.25, -0.2) is 4.98 Å². The summed E-state index contributed by atoms with van der Waals surface area (Å²) in [7, 11) is 0. The first-order chi connectivity index (χ1) is 7.77. The maximum atomic E-state index is 4.28. The third-order valence-corrected chi connectivity index (χ3v) is 3.31. The molecule has 16 heavy (non-hydrogen) atoms. The summed E-state index contributed by atoms with van der Waals surface area (Å²) in [5.74, 6) is 0. The molecule has 4 nitrogen and oxygen atoms in total. The molecule has 2 aromatic rings. The van der Waals surface area contributed by atoms with E-state index in [2.05, 4.69) is 34.1 Å². The molecule has 84 valence electrons. The third kappa shape index (κ3) is 2.62. The van der Waals surface area contributed by atoms with Gasteiger partial charge in [-0.05, 0) is 13.8 Å². The highest BCUT2D eigenvalue weighted by Crippen LogP contribution is 2.19. The van der Waals surface area contributed by atoms with Gasteiger partial charge < -0.3 is 0 Å². The molecule has 0 aliphatic heterocycles. The summed E-state index contributed by atoms with van der Waals surface area (Å²) in [6.45, 7) is 4.18. The van der Waals surface area contributed by atoms with E-state index in [-0.39, 0.29) is 12.1 Å². The Balaban J connectivity index is 2.00. The van der Waals surface area contributed by atoms with Crippen molar-refractivity contribution in [3.05, 3.63) is 40.9 Å². The van der Waals surface area contributed by atoms with E-state index in [0.29, 0.717) is 0 Å². The summed E-state index contributed by atoms with van der Waals surface area (Å²) in [6.07, 6.45) is 7.00. The third-order valence-electron chi connectivity index (χ3n) is 2.35. The Morgan fingerprint density at radius 3 is 2.62 bits per heavy atom. The van der Waals surface area contributed by atoms with Crippen molar-refractivity contribution < 1.29 is 0 Å². The van der Waals surface area contributed by atoms with Crippen LogP contribution in [0.25, 0.3) is 0 Å². The summed E-state index contributed by atoms with van der Waals surface area (Å²) in [5.41, 5.74) is 0.950. The van der Waals surface area contributed by atoms with E-state index in [1.165, 1.54) is 0 Å². The highest BCUT2D eigenvalue weighted by atomic mass is 32.1. The number of nitrogens with one attached hydrogen (secondary N) is 1. The smallest absolute Gasteiger partial charge is 0.109 e. The molecule has 0 bridgehead atoms. The van der Waals surface area contributed by atoms with E-state index >= 15 is 0 Å². The van der Waals surface area contributed by atoms with Crippen molar-refractivity contribution in [2.75, 3.05) is 0 Å². The van der Waals surface area contributed by atoms with Crippen LogP contribution in [0.15, 0.2) is 30.2 Å². The number of hydrogen-bond acceptors (Lipinski definition) is 5. The number of rotatable bonds is 4. The number of aromatic nitrogens is 3. The topological polar surface area (TPSA) is 50.7 Å². The Hall–Kier alpha value is -1.33. The van der Waals surface area contributed by atoms with Gasteiger partial charge in [-0.1, -0.05) is 0 Å². The molecule has 0 saturated carbocycles. The van der Waals surface area contributed by atoms with E-state index in [0.717, 1.165) is 10.7 Å². The predicted octanol–water partition coefficient (Wildman–Crippen LogP) is 2.34. The molecule has 0 aliphatic carbocycles. The lowest BCUT2D eigenvalue weighted by molar-refractivity contribution is 0.483. The Labute approximate surface area is 98.8 Å². The first kappa shape index (κ1) is 11.2. The summed E-state index contributed by atoms with van der Waals surface area (Å²) in [6, 6.07) is 0.407. The van der Waals surface area contributed by atoms with Crippen molar-refractivity contribution in [2.45, 2.75) is 25.9 Å². The summed E-state index contributed by atoms with van der Waals surface area (Å²) in [5, 5.41) is 6.52. The van der Waals surface area contributed by atoms with Crippen molar-refractivity contribution in [2.24, 2.45) is 0 Å². The minimum Gasteiger partial charge on any atom is -0.300 e. The van der Waals surface area contributed by atoms with Gasteiger partial charge in [0.25, 0.3) is 0 Å². The number of thiazole rings is 1. The Kier molecular flexibility index (Phi) is 3.58. The van der Waals surface area contributed by atoms with Gasteiger partial charge in [0, 0.05) is 36.2 Å². The van der Waals surface area contributed by atoms with Gasteiger partial charge in [0.05, 0.1) is 11.7 Å². The van der Waals surface area contributed by atoms with Crippen LogP contribution in [-0.2, 0) is 0 Å². The predicted molar refractivity (Wildman–Crippen MR) is 64.1 cm³/mol. The van der Waals surface area contributed by atoms with Gasteiger partial charge in [0.2, 0.25) is 0 Å². The SMILES string of the molecule is CC(NC(C)c1nccs1)c1cnccn1. The van der Waals surface area contributed by atoms with Crippen molar-refractivity contribution in [3.8, 4) is 0 Å². The lowest BCUT2D eigenvalue weighted by Crippen LogP contribution is -2.23. The standard InChI is InChI=1S/C11H14N4S/c1-8(10-7-12-3-4-13-10)15-9(2)11-14-5-6-16-11/h3-9,15H,1-2H3. The molecule has 0 saturated heterocycles. The molecule has 2 atom stereocenters. The van der Waals surface area contributed by atoms with Crippen molar-refractivity contribution in [3.63, 3.8) is 0 Å². The summed E-state index contributed by atoms with van der Waals surface area (Å²) in [4.78, 5) is 12.6. The molecule has 2 rings (SSSR count). The van der Waals surface area contributed by atoms with Gasteiger partial charge in [0.1, 0.15) is 5.01 Å². The summed E-state index contributed by atoms with van der Waals surface area (Å²) >= 11 is 1.66. The molecule has 0 amide bonds. The van der Waals surface area contributed by atoms with Crippen LogP contribution < -0.4 is 5.32 Å². The fourth-order valence-corrected chi connectivity index (χ4v) is 2.17. The first-order valence-electron chi connectivity index (χ1n) is 5.18. The van der Waals surface area contributed by atoms with Crippen LogP contribution in [0.1, 0.15) is 36.6 Å². The van der Waals surface area contributed by atoms with Crippen LogP contribution >= 0.6 is 11.3 Å². The van der Waals surface area contributed by atoms with Crippen LogP contribution in [0.5, 0.6) is 0 Å². The van der Waals surface area contributed by atoms with E-state index in [1.807, 2.05) is 11.6 Å². The fraction of sp³-hybridized carbons (Fsp3) is 0.364. The zero-order valence-corrected chi connectivity index (χ0v) is 10.1. The molecule has 0 fully saturated rings. The largest absolute Gasteiger partial charge is 0.300 e. The van der Waals surface area contributed by atoms with E-state index in [9.17, 15) is 0 Å². The first-order valence-corrected chi connectivity index (χ1v) is 6.06. The minimum absolute atomic E-state index is 0.174. The average molecular weight is 234 g/mol. The number of nitrogens with zero attached hydrogens (tertiary/aromatic N) is 3. The average Bonchev–Trinajstić information content (AvgIpc) is 2.83. The zero-order valence-electron chi connectivity index (χ0n) is 9.29. The monoisotopic (exact) mass is 234 g/mol. The van der Waals surface area contributed by atoms with Gasteiger partial charge >= 0.3 is 0 Å². The Bertz CT molecular complexity index is 415. The maximum Gasteiger partial charge on any atom is 0.109 e. The van der Waals surface area contributed by atoms with Crippen molar-refractivity contribution >= 4 is 11.3 Å². The van der Waals surface area contributed by atoms with Crippen LogP contribution in [-0.4, -0.2) is 15.0 Å². The molecule has 2 heterocycles. The second kappa shape index (κ2) is 5.14. The van der Waals surface area contributed by atoms with Crippen LogP contribution in [0.4, 0.5) is 0 Å². The molecule has 0 aliphatic rings. The molecule has 0 aromatic carbocycles. The van der Waals surface area contributed by atoms with Gasteiger partial charge in [-0.3, -0.25) is 15.3 Å². The minimum atomic E-state index is 0.174. The molecule has 0 spiro atoms. The molecule has 0 radical (unpaired) electrons. The molecule has 2 aromatic heterocycles. The van der Waals surface area contributed by atoms with E-state index in [1.54, 1.807) is 29.9 Å². The van der Waals surface area contributed by atoms with E-state index in [4.69, 9.17) is 0 Å². The highest BCUT2D eigenvalue weighted by Gasteiger charge is 2.13. The molecule has 5 heteroatoms. The van der Waals surface area contributed by atoms with E-state index < -0.39 is 0 Å². The second-order valence-electron chi connectivity index (χ2n) is 3.61. The van der Waals surface area contributed by atoms with Gasteiger partial charge in [-0.2, -0.15) is 0 Å². The van der Waals surface area contributed by atoms with Crippen molar-refractivity contribution in [1.82, 2.24) is 20.3 Å². The molecular weight excluding hydrogens is 220 g/mol. The number of hydrogen-bond donors (Lipinski definition) is 1. The maximum absolute atomic E-state index is 4.28. The summed E-state index contributed by atoms with van der Waals surface area (Å²) < 4.78 is 0. The van der Waals surface area contributed by atoms with Gasteiger partial charge in [0.15, 0.2) is 0 Å². The molecule has 1 N–H and O–H groups in total. The Morgan fingerprint density at radius 2 is 2.00 bits per heavy atom. The normalized spacial score (nSPS) is 14.6. The van der Waals surface area contributed by atoms with Gasteiger partial charge in [-0.15, -0.1) is 11.3 Å². The zero-order chi connectivity index (χ0) is 11.4. The highest BCUT2D eigenvalue weighted by molar-refractivity contribution is 7.09. The fourth-order valence-electron chi connectivity index (χ4n) is 1.51. The van der Waals surface area contributed by atoms with Crippen LogP contribution in [0, 0.1) is 0 Å². The molecular formula is C11H14N4S. The molecule has 2 unspecified atom stereocenters. The Morgan fingerprint density at radius 1 is 1.12 bits per heavy atom. The van der Waals surface area contributed by atoms with Crippen LogP contribution in [0.2, 0.25) is 0 Å². The lowest BCUT2D eigenvalue weighted by Gasteiger charge is -2.17.